The monoisotopic (exact) mass is 332 g/mol. The van der Waals surface area contributed by atoms with Crippen molar-refractivity contribution in [1.29, 1.82) is 0 Å². The first kappa shape index (κ1) is 15.2. The zero-order valence-corrected chi connectivity index (χ0v) is 16.7. The normalized spacial score (nSPS) is 33.2. The molecule has 2 saturated heterocycles. The Morgan fingerprint density at radius 3 is 1.53 bits per heavy atom. The lowest BCUT2D eigenvalue weighted by Gasteiger charge is -2.10. The topological polar surface area (TPSA) is 81.7 Å². The van der Waals surface area contributed by atoms with Gasteiger partial charge in [-0.1, -0.05) is 0 Å². The van der Waals surface area contributed by atoms with Gasteiger partial charge in [-0.05, 0) is 6.92 Å². The van der Waals surface area contributed by atoms with E-state index in [9.17, 15) is 4.79 Å². The van der Waals surface area contributed by atoms with Crippen LogP contribution in [-0.2, 0) is 30.0 Å². The maximum absolute atomic E-state index is 10.0. The van der Waals surface area contributed by atoms with Crippen molar-refractivity contribution in [3.05, 3.63) is 0 Å². The van der Waals surface area contributed by atoms with E-state index < -0.39 is 56.2 Å². The molecule has 1 atom stereocenters. The van der Waals surface area contributed by atoms with E-state index in [4.69, 9.17) is 20.6 Å². The first-order valence-corrected chi connectivity index (χ1v) is 10.8. The van der Waals surface area contributed by atoms with E-state index in [1.165, 1.54) is 0 Å². The van der Waals surface area contributed by atoms with Crippen LogP contribution in [0.15, 0.2) is 0 Å². The lowest BCUT2D eigenvalue weighted by atomic mass is 10.5. The summed E-state index contributed by atoms with van der Waals surface area (Å²) >= 11 is 0. The third-order valence-electron chi connectivity index (χ3n) is 1.57. The molecular formula is C4H16O8Si5. The predicted molar refractivity (Wildman–Crippen MR) is 70.0 cm³/mol. The van der Waals surface area contributed by atoms with Crippen molar-refractivity contribution in [2.24, 2.45) is 0 Å². The van der Waals surface area contributed by atoms with Crippen molar-refractivity contribution in [3.63, 3.8) is 0 Å². The van der Waals surface area contributed by atoms with Gasteiger partial charge in [-0.3, -0.25) is 0 Å². The Morgan fingerprint density at radius 1 is 0.941 bits per heavy atom. The fraction of sp³-hybridized carbons (Fsp3) is 0.750. The van der Waals surface area contributed by atoms with Gasteiger partial charge in [-0.25, -0.2) is 4.79 Å². The third kappa shape index (κ3) is 8.82. The van der Waals surface area contributed by atoms with Gasteiger partial charge >= 0.3 is 6.16 Å². The summed E-state index contributed by atoms with van der Waals surface area (Å²) in [5.41, 5.74) is 0. The number of rotatable bonds is 0. The minimum absolute atomic E-state index is 0.0486. The minimum atomic E-state index is -0.724. The maximum Gasteiger partial charge on any atom is 0.508 e. The third-order valence-corrected chi connectivity index (χ3v) is 8.23. The second-order valence-corrected chi connectivity index (χ2v) is 12.4. The van der Waals surface area contributed by atoms with E-state index in [1.54, 1.807) is 6.92 Å². The molecule has 2 aliphatic heterocycles. The molecule has 2 fully saturated rings. The molecule has 0 saturated carbocycles. The molecule has 0 spiro atoms. The van der Waals surface area contributed by atoms with E-state index in [0.29, 0.717) is 6.61 Å². The molecule has 2 aliphatic rings. The summed E-state index contributed by atoms with van der Waals surface area (Å²) in [5, 5.41) is 0. The number of hydrogen-bond acceptors (Lipinski definition) is 8. The number of hydrogen-bond donors (Lipinski definition) is 0. The highest BCUT2D eigenvalue weighted by Crippen LogP contribution is 2.02. The average molecular weight is 333 g/mol. The minimum Gasteiger partial charge on any atom is -0.430 e. The molecule has 0 aromatic heterocycles. The predicted octanol–water partition coefficient (Wildman–Crippen LogP) is -4.38. The molecule has 0 aliphatic carbocycles. The van der Waals surface area contributed by atoms with Crippen LogP contribution in [-0.4, -0.2) is 68.9 Å². The SMILES string of the molecule is CC1COC(=O)O1.O1[SiH2]O[SiH2]O[SiH2]O[SiH2]O[SiH2]1. The fourth-order valence-corrected chi connectivity index (χ4v) is 9.90. The van der Waals surface area contributed by atoms with Crippen LogP contribution in [0.1, 0.15) is 6.92 Å². The molecule has 17 heavy (non-hydrogen) atoms. The molecule has 0 aromatic rings. The lowest BCUT2D eigenvalue weighted by molar-refractivity contribution is 0.121. The highest BCUT2D eigenvalue weighted by atomic mass is 28.4. The Morgan fingerprint density at radius 2 is 1.35 bits per heavy atom. The van der Waals surface area contributed by atoms with E-state index >= 15 is 0 Å². The smallest absolute Gasteiger partial charge is 0.430 e. The summed E-state index contributed by atoms with van der Waals surface area (Å²) in [7, 11) is -3.62. The second-order valence-electron chi connectivity index (χ2n) is 3.10. The first-order valence-electron chi connectivity index (χ1n) is 5.01. The number of carbonyl (C=O) groups is 1. The fourth-order valence-electron chi connectivity index (χ4n) is 0.882. The first-order chi connectivity index (χ1) is 8.29. The zero-order valence-electron chi connectivity index (χ0n) is 9.59. The number of carbonyl (C=O) groups excluding carboxylic acids is 1. The van der Waals surface area contributed by atoms with E-state index in [-0.39, 0.29) is 6.10 Å². The van der Waals surface area contributed by atoms with Gasteiger partial charge in [0.05, 0.1) is 0 Å². The Kier molecular flexibility index (Phi) is 9.05. The zero-order chi connectivity index (χ0) is 12.3. The van der Waals surface area contributed by atoms with Crippen LogP contribution in [0.5, 0.6) is 0 Å². The maximum atomic E-state index is 10.0. The van der Waals surface area contributed by atoms with Gasteiger partial charge in [0.15, 0.2) is 0 Å². The Balaban J connectivity index is 0.000000181. The Labute approximate surface area is 111 Å². The van der Waals surface area contributed by atoms with Crippen molar-refractivity contribution < 1.29 is 34.8 Å². The molecule has 100 valence electrons. The van der Waals surface area contributed by atoms with Crippen LogP contribution in [0.4, 0.5) is 4.79 Å². The highest BCUT2D eigenvalue weighted by Gasteiger charge is 2.19. The molecule has 1 unspecified atom stereocenters. The van der Waals surface area contributed by atoms with Gasteiger partial charge in [-0.15, -0.1) is 0 Å². The molecule has 0 bridgehead atoms. The van der Waals surface area contributed by atoms with Crippen LogP contribution in [0, 0.1) is 0 Å². The summed E-state index contributed by atoms with van der Waals surface area (Å²) in [5.74, 6) is 0. The van der Waals surface area contributed by atoms with Gasteiger partial charge in [0.1, 0.15) is 12.7 Å². The quantitative estimate of drug-likeness (QED) is 0.325. The Hall–Kier alpha value is 0.154. The lowest BCUT2D eigenvalue weighted by Crippen LogP contribution is -2.23. The summed E-state index contributed by atoms with van der Waals surface area (Å²) in [6.45, 7) is 2.18. The van der Waals surface area contributed by atoms with Gasteiger partial charge < -0.3 is 30.0 Å². The van der Waals surface area contributed by atoms with Gasteiger partial charge in [0, 0.05) is 0 Å². The van der Waals surface area contributed by atoms with Crippen molar-refractivity contribution in [2.75, 3.05) is 6.61 Å². The molecule has 13 heteroatoms. The summed E-state index contributed by atoms with van der Waals surface area (Å²) in [4.78, 5) is 10.0. The van der Waals surface area contributed by atoms with E-state index in [2.05, 4.69) is 9.47 Å². The highest BCUT2D eigenvalue weighted by molar-refractivity contribution is 6.50. The summed E-state index contributed by atoms with van der Waals surface area (Å²) < 4.78 is 34.7. The van der Waals surface area contributed by atoms with Gasteiger partial charge in [0.25, 0.3) is 50.0 Å². The standard InChI is InChI=1S/C4H6O3.H10O5Si5/c1-3-2-6-4(5)7-3;1-6-2-8-4-10-5-9-3-7-1/h3H,2H2,1H3;6-10H2. The van der Waals surface area contributed by atoms with E-state index in [1.807, 2.05) is 0 Å². The molecule has 0 amide bonds. The van der Waals surface area contributed by atoms with E-state index in [0.717, 1.165) is 0 Å². The number of ether oxygens (including phenoxy) is 2. The Bertz CT molecular complexity index is 185. The van der Waals surface area contributed by atoms with Crippen LogP contribution < -0.4 is 0 Å². The van der Waals surface area contributed by atoms with Crippen LogP contribution in [0.25, 0.3) is 0 Å². The molecular weight excluding hydrogens is 316 g/mol. The number of cyclic esters (lactones) is 2. The molecule has 0 radical (unpaired) electrons. The largest absolute Gasteiger partial charge is 0.508 e. The van der Waals surface area contributed by atoms with Crippen molar-refractivity contribution in [3.8, 4) is 0 Å². The average Bonchev–Trinajstić information content (AvgIpc) is 2.71. The van der Waals surface area contributed by atoms with Gasteiger partial charge in [0.2, 0.25) is 0 Å². The molecule has 0 N–H and O–H groups in total. The van der Waals surface area contributed by atoms with Crippen LogP contribution in [0.3, 0.4) is 0 Å². The van der Waals surface area contributed by atoms with Crippen LogP contribution >= 0.6 is 0 Å². The van der Waals surface area contributed by atoms with Crippen LogP contribution in [0.2, 0.25) is 0 Å². The molecule has 2 rings (SSSR count). The molecule has 0 aromatic carbocycles. The summed E-state index contributed by atoms with van der Waals surface area (Å²) in [6, 6.07) is 0. The van der Waals surface area contributed by atoms with Crippen molar-refractivity contribution in [1.82, 2.24) is 0 Å². The van der Waals surface area contributed by atoms with Crippen molar-refractivity contribution >= 4 is 56.2 Å². The van der Waals surface area contributed by atoms with Crippen molar-refractivity contribution in [2.45, 2.75) is 13.0 Å². The van der Waals surface area contributed by atoms with Gasteiger partial charge in [-0.2, -0.15) is 0 Å². The second kappa shape index (κ2) is 10.1. The molecule has 2 heterocycles. The molecule has 8 nitrogen and oxygen atoms in total. The summed E-state index contributed by atoms with van der Waals surface area (Å²) in [6.07, 6.45) is -0.597.